The van der Waals surface area contributed by atoms with Gasteiger partial charge in [0.2, 0.25) is 0 Å². The highest BCUT2D eigenvalue weighted by molar-refractivity contribution is 7.13. The molecule has 22 heavy (non-hydrogen) atoms. The van der Waals surface area contributed by atoms with Gasteiger partial charge in [0.1, 0.15) is 5.82 Å². The summed E-state index contributed by atoms with van der Waals surface area (Å²) in [7, 11) is 0. The molecular weight excluding hydrogens is 294 g/mol. The second kappa shape index (κ2) is 4.85. The van der Waals surface area contributed by atoms with E-state index < -0.39 is 0 Å². The standard InChI is InChI=1S/C16H13N5S/c17-12-4-1-3-10(7-12)11-8-14(18)21-15(9-11)19-16(20-21)13-5-2-6-22-13/h1-9H,17-18H2. The molecule has 0 saturated heterocycles. The first kappa shape index (κ1) is 12.8. The smallest absolute Gasteiger partial charge is 0.192 e. The number of nitrogens with two attached hydrogens (primary N) is 2. The molecule has 0 aliphatic heterocycles. The largest absolute Gasteiger partial charge is 0.399 e. The third kappa shape index (κ3) is 2.10. The number of rotatable bonds is 2. The lowest BCUT2D eigenvalue weighted by Crippen LogP contribution is -1.99. The minimum Gasteiger partial charge on any atom is -0.399 e. The molecule has 0 amide bonds. The number of nitrogen functional groups attached to an aromatic ring is 2. The molecule has 0 fully saturated rings. The lowest BCUT2D eigenvalue weighted by atomic mass is 10.1. The quantitative estimate of drug-likeness (QED) is 0.557. The van der Waals surface area contributed by atoms with Crippen LogP contribution in [-0.4, -0.2) is 14.6 Å². The average Bonchev–Trinajstić information content (AvgIpc) is 3.16. The van der Waals surface area contributed by atoms with E-state index >= 15 is 0 Å². The number of pyridine rings is 1. The minimum absolute atomic E-state index is 0.547. The summed E-state index contributed by atoms with van der Waals surface area (Å²) in [5, 5.41) is 6.48. The van der Waals surface area contributed by atoms with Crippen molar-refractivity contribution in [1.29, 1.82) is 0 Å². The van der Waals surface area contributed by atoms with E-state index in [9.17, 15) is 0 Å². The Morgan fingerprint density at radius 2 is 1.86 bits per heavy atom. The summed E-state index contributed by atoms with van der Waals surface area (Å²) < 4.78 is 1.66. The Labute approximate surface area is 130 Å². The predicted octanol–water partition coefficient (Wildman–Crippen LogP) is 3.29. The summed E-state index contributed by atoms with van der Waals surface area (Å²) in [5.41, 5.74) is 15.4. The van der Waals surface area contributed by atoms with Gasteiger partial charge in [-0.1, -0.05) is 18.2 Å². The molecule has 0 saturated carbocycles. The lowest BCUT2D eigenvalue weighted by molar-refractivity contribution is 0.980. The zero-order chi connectivity index (χ0) is 15.1. The molecular formula is C16H13N5S. The third-order valence-electron chi connectivity index (χ3n) is 3.43. The number of anilines is 2. The molecule has 0 unspecified atom stereocenters. The van der Waals surface area contributed by atoms with Gasteiger partial charge in [-0.3, -0.25) is 0 Å². The van der Waals surface area contributed by atoms with Crippen molar-refractivity contribution in [1.82, 2.24) is 14.6 Å². The molecule has 0 atom stereocenters. The highest BCUT2D eigenvalue weighted by Crippen LogP contribution is 2.27. The van der Waals surface area contributed by atoms with E-state index in [0.29, 0.717) is 11.6 Å². The first-order valence-electron chi connectivity index (χ1n) is 6.77. The fourth-order valence-corrected chi connectivity index (χ4v) is 3.06. The van der Waals surface area contributed by atoms with Crippen molar-refractivity contribution in [3.05, 3.63) is 53.9 Å². The Kier molecular flexibility index (Phi) is 2.83. The van der Waals surface area contributed by atoms with Gasteiger partial charge in [-0.15, -0.1) is 16.4 Å². The second-order valence-corrected chi connectivity index (χ2v) is 5.92. The van der Waals surface area contributed by atoms with Crippen molar-refractivity contribution in [2.24, 2.45) is 0 Å². The molecule has 108 valence electrons. The maximum atomic E-state index is 6.13. The molecule has 0 radical (unpaired) electrons. The number of benzene rings is 1. The first-order valence-corrected chi connectivity index (χ1v) is 7.65. The SMILES string of the molecule is Nc1cccc(-c2cc(N)n3nc(-c4cccs4)nc3c2)c1. The molecule has 4 aromatic rings. The van der Waals surface area contributed by atoms with Gasteiger partial charge in [0, 0.05) is 5.69 Å². The van der Waals surface area contributed by atoms with E-state index in [1.807, 2.05) is 53.9 Å². The zero-order valence-electron chi connectivity index (χ0n) is 11.6. The maximum Gasteiger partial charge on any atom is 0.192 e. The van der Waals surface area contributed by atoms with E-state index in [1.165, 1.54) is 0 Å². The molecule has 0 aliphatic rings. The number of aromatic nitrogens is 3. The van der Waals surface area contributed by atoms with E-state index in [1.54, 1.807) is 15.9 Å². The number of fused-ring (bicyclic) bond motifs is 1. The lowest BCUT2D eigenvalue weighted by Gasteiger charge is -2.05. The molecule has 0 spiro atoms. The second-order valence-electron chi connectivity index (χ2n) is 4.98. The van der Waals surface area contributed by atoms with Crippen molar-refractivity contribution in [2.45, 2.75) is 0 Å². The molecule has 3 heterocycles. The van der Waals surface area contributed by atoms with Crippen molar-refractivity contribution in [2.75, 3.05) is 11.5 Å². The number of hydrogen-bond acceptors (Lipinski definition) is 5. The van der Waals surface area contributed by atoms with Gasteiger partial charge < -0.3 is 11.5 Å². The highest BCUT2D eigenvalue weighted by Gasteiger charge is 2.11. The van der Waals surface area contributed by atoms with Gasteiger partial charge >= 0.3 is 0 Å². The van der Waals surface area contributed by atoms with Gasteiger partial charge in [-0.05, 0) is 46.8 Å². The van der Waals surface area contributed by atoms with Crippen molar-refractivity contribution >= 4 is 28.5 Å². The Hall–Kier alpha value is -2.86. The van der Waals surface area contributed by atoms with Crippen LogP contribution in [0, 0.1) is 0 Å². The zero-order valence-corrected chi connectivity index (χ0v) is 12.4. The summed E-state index contributed by atoms with van der Waals surface area (Å²) in [5.74, 6) is 1.23. The van der Waals surface area contributed by atoms with Crippen LogP contribution in [0.15, 0.2) is 53.9 Å². The van der Waals surface area contributed by atoms with E-state index in [4.69, 9.17) is 11.5 Å². The van der Waals surface area contributed by atoms with Gasteiger partial charge in [0.15, 0.2) is 11.5 Å². The predicted molar refractivity (Wildman–Crippen MR) is 90.6 cm³/mol. The Morgan fingerprint density at radius 1 is 0.955 bits per heavy atom. The van der Waals surface area contributed by atoms with Crippen LogP contribution in [0.5, 0.6) is 0 Å². The molecule has 3 aromatic heterocycles. The number of hydrogen-bond donors (Lipinski definition) is 2. The summed E-state index contributed by atoms with van der Waals surface area (Å²) in [6.45, 7) is 0. The van der Waals surface area contributed by atoms with Crippen LogP contribution in [0.25, 0.3) is 27.5 Å². The third-order valence-corrected chi connectivity index (χ3v) is 4.29. The van der Waals surface area contributed by atoms with Crippen LogP contribution in [0.1, 0.15) is 0 Å². The van der Waals surface area contributed by atoms with Crippen molar-refractivity contribution < 1.29 is 0 Å². The summed E-state index contributed by atoms with van der Waals surface area (Å²) in [6.07, 6.45) is 0. The molecule has 0 bridgehead atoms. The molecule has 5 nitrogen and oxygen atoms in total. The van der Waals surface area contributed by atoms with Crippen molar-refractivity contribution in [3.63, 3.8) is 0 Å². The normalized spacial score (nSPS) is 11.1. The van der Waals surface area contributed by atoms with Crippen molar-refractivity contribution in [3.8, 4) is 21.8 Å². The maximum absolute atomic E-state index is 6.13. The van der Waals surface area contributed by atoms with Gasteiger partial charge in [0.05, 0.1) is 4.88 Å². The fourth-order valence-electron chi connectivity index (χ4n) is 2.40. The monoisotopic (exact) mass is 307 g/mol. The summed E-state index contributed by atoms with van der Waals surface area (Å²) in [4.78, 5) is 5.60. The van der Waals surface area contributed by atoms with E-state index in [2.05, 4.69) is 10.1 Å². The van der Waals surface area contributed by atoms with Gasteiger partial charge in [-0.25, -0.2) is 4.98 Å². The van der Waals surface area contributed by atoms with Crippen LogP contribution in [0.2, 0.25) is 0 Å². The molecule has 4 N–H and O–H groups in total. The van der Waals surface area contributed by atoms with Gasteiger partial charge in [-0.2, -0.15) is 4.52 Å². The molecule has 1 aromatic carbocycles. The first-order chi connectivity index (χ1) is 10.7. The van der Waals surface area contributed by atoms with E-state index in [-0.39, 0.29) is 0 Å². The summed E-state index contributed by atoms with van der Waals surface area (Å²) in [6, 6.07) is 15.5. The topological polar surface area (TPSA) is 82.2 Å². The Morgan fingerprint density at radius 3 is 2.64 bits per heavy atom. The van der Waals surface area contributed by atoms with E-state index in [0.717, 1.165) is 27.3 Å². The summed E-state index contributed by atoms with van der Waals surface area (Å²) >= 11 is 1.60. The van der Waals surface area contributed by atoms with Crippen LogP contribution in [-0.2, 0) is 0 Å². The van der Waals surface area contributed by atoms with Gasteiger partial charge in [0.25, 0.3) is 0 Å². The average molecular weight is 307 g/mol. The molecule has 0 aliphatic carbocycles. The Balaban J connectivity index is 1.89. The number of thiophene rings is 1. The van der Waals surface area contributed by atoms with Crippen LogP contribution in [0.3, 0.4) is 0 Å². The molecule has 4 rings (SSSR count). The Bertz CT molecular complexity index is 956. The highest BCUT2D eigenvalue weighted by atomic mass is 32.1. The van der Waals surface area contributed by atoms with Crippen LogP contribution >= 0.6 is 11.3 Å². The molecule has 6 heteroatoms. The minimum atomic E-state index is 0.547. The van der Waals surface area contributed by atoms with Crippen LogP contribution < -0.4 is 11.5 Å². The number of nitrogens with zero attached hydrogens (tertiary/aromatic N) is 3. The fraction of sp³-hybridized carbons (Fsp3) is 0. The van der Waals surface area contributed by atoms with Crippen LogP contribution in [0.4, 0.5) is 11.5 Å².